The van der Waals surface area contributed by atoms with Crippen molar-refractivity contribution >= 4 is 27.6 Å². The molecular formula is C12H14BrNO2. The molecule has 0 bridgehead atoms. The van der Waals surface area contributed by atoms with Gasteiger partial charge < -0.3 is 10.4 Å². The van der Waals surface area contributed by atoms with Gasteiger partial charge in [0.25, 0.3) is 0 Å². The van der Waals surface area contributed by atoms with Crippen LogP contribution in [-0.4, -0.2) is 17.6 Å². The van der Waals surface area contributed by atoms with Gasteiger partial charge in [0.1, 0.15) is 0 Å². The lowest BCUT2D eigenvalue weighted by Crippen LogP contribution is -2.12. The number of anilines is 1. The number of carbonyl (C=O) groups is 1. The Hall–Kier alpha value is -1.03. The predicted molar refractivity (Wildman–Crippen MR) is 66.9 cm³/mol. The number of carboxylic acid groups (broad SMARTS) is 1. The van der Waals surface area contributed by atoms with Gasteiger partial charge in [-0.05, 0) is 52.4 Å². The molecule has 1 fully saturated rings. The SMILES string of the molecule is CC1(CNc2ccc(C(=O)O)cc2Br)CC1. The summed E-state index contributed by atoms with van der Waals surface area (Å²) in [5.74, 6) is -0.901. The van der Waals surface area contributed by atoms with Crippen LogP contribution in [0.4, 0.5) is 5.69 Å². The number of benzene rings is 1. The summed E-state index contributed by atoms with van der Waals surface area (Å²) in [5.41, 5.74) is 1.69. The Labute approximate surface area is 103 Å². The number of rotatable bonds is 4. The minimum atomic E-state index is -0.901. The fourth-order valence-electron chi connectivity index (χ4n) is 1.49. The minimum absolute atomic E-state index is 0.301. The van der Waals surface area contributed by atoms with Crippen molar-refractivity contribution in [2.75, 3.05) is 11.9 Å². The molecule has 0 aromatic heterocycles. The van der Waals surface area contributed by atoms with Gasteiger partial charge in [-0.15, -0.1) is 0 Å². The molecule has 0 spiro atoms. The summed E-state index contributed by atoms with van der Waals surface area (Å²) in [6.07, 6.45) is 2.54. The monoisotopic (exact) mass is 283 g/mol. The van der Waals surface area contributed by atoms with E-state index in [1.165, 1.54) is 12.8 Å². The second-order valence-corrected chi connectivity index (χ2v) is 5.52. The van der Waals surface area contributed by atoms with Crippen LogP contribution < -0.4 is 5.32 Å². The molecule has 0 amide bonds. The molecule has 2 rings (SSSR count). The van der Waals surface area contributed by atoms with E-state index in [0.29, 0.717) is 11.0 Å². The van der Waals surface area contributed by atoms with E-state index in [4.69, 9.17) is 5.11 Å². The second-order valence-electron chi connectivity index (χ2n) is 4.66. The average molecular weight is 284 g/mol. The standard InChI is InChI=1S/C12H14BrNO2/c1-12(4-5-12)7-14-10-3-2-8(11(15)16)6-9(10)13/h2-3,6,14H,4-5,7H2,1H3,(H,15,16). The van der Waals surface area contributed by atoms with Gasteiger partial charge in [-0.1, -0.05) is 6.92 Å². The van der Waals surface area contributed by atoms with E-state index in [2.05, 4.69) is 28.2 Å². The summed E-state index contributed by atoms with van der Waals surface area (Å²) in [6.45, 7) is 3.19. The lowest BCUT2D eigenvalue weighted by molar-refractivity contribution is 0.0697. The van der Waals surface area contributed by atoms with E-state index < -0.39 is 5.97 Å². The third kappa shape index (κ3) is 2.55. The van der Waals surface area contributed by atoms with Gasteiger partial charge in [-0.3, -0.25) is 0 Å². The molecule has 2 N–H and O–H groups in total. The van der Waals surface area contributed by atoms with E-state index >= 15 is 0 Å². The first-order valence-corrected chi connectivity index (χ1v) is 6.06. The Bertz CT molecular complexity index is 427. The normalized spacial score (nSPS) is 16.9. The number of halogens is 1. The molecule has 1 aliphatic carbocycles. The summed E-state index contributed by atoms with van der Waals surface area (Å²) in [5, 5.41) is 12.2. The Morgan fingerprint density at radius 2 is 2.25 bits per heavy atom. The molecule has 86 valence electrons. The largest absolute Gasteiger partial charge is 0.478 e. The maximum atomic E-state index is 10.8. The van der Waals surface area contributed by atoms with Gasteiger partial charge in [0.15, 0.2) is 0 Å². The minimum Gasteiger partial charge on any atom is -0.478 e. The fourth-order valence-corrected chi connectivity index (χ4v) is 2.01. The molecule has 1 saturated carbocycles. The summed E-state index contributed by atoms with van der Waals surface area (Å²) in [6, 6.07) is 5.05. The summed E-state index contributed by atoms with van der Waals surface area (Å²) in [4.78, 5) is 10.8. The van der Waals surface area contributed by atoms with Crippen LogP contribution >= 0.6 is 15.9 Å². The first kappa shape index (κ1) is 11.5. The van der Waals surface area contributed by atoms with Crippen LogP contribution in [0.3, 0.4) is 0 Å². The molecule has 0 aliphatic heterocycles. The predicted octanol–water partition coefficient (Wildman–Crippen LogP) is 3.36. The first-order valence-electron chi connectivity index (χ1n) is 5.27. The van der Waals surface area contributed by atoms with Gasteiger partial charge in [-0.2, -0.15) is 0 Å². The van der Waals surface area contributed by atoms with E-state index in [1.807, 2.05) is 0 Å². The van der Waals surface area contributed by atoms with Crippen LogP contribution in [-0.2, 0) is 0 Å². The number of hydrogen-bond donors (Lipinski definition) is 2. The summed E-state index contributed by atoms with van der Waals surface area (Å²) >= 11 is 3.38. The molecule has 0 unspecified atom stereocenters. The van der Waals surface area contributed by atoms with Crippen molar-refractivity contribution < 1.29 is 9.90 Å². The molecule has 0 atom stereocenters. The van der Waals surface area contributed by atoms with Crippen LogP contribution in [0.15, 0.2) is 22.7 Å². The molecule has 1 aliphatic rings. The zero-order valence-electron chi connectivity index (χ0n) is 9.09. The van der Waals surface area contributed by atoms with Crippen molar-refractivity contribution in [3.05, 3.63) is 28.2 Å². The molecule has 16 heavy (non-hydrogen) atoms. The third-order valence-corrected chi connectivity index (χ3v) is 3.68. The fraction of sp³-hybridized carbons (Fsp3) is 0.417. The van der Waals surface area contributed by atoms with Crippen molar-refractivity contribution in [3.63, 3.8) is 0 Å². The van der Waals surface area contributed by atoms with Crippen molar-refractivity contribution in [2.24, 2.45) is 5.41 Å². The highest BCUT2D eigenvalue weighted by atomic mass is 79.9. The highest BCUT2D eigenvalue weighted by molar-refractivity contribution is 9.10. The van der Waals surface area contributed by atoms with Crippen molar-refractivity contribution in [1.82, 2.24) is 0 Å². The maximum absolute atomic E-state index is 10.8. The van der Waals surface area contributed by atoms with Crippen LogP contribution in [0.1, 0.15) is 30.1 Å². The van der Waals surface area contributed by atoms with Gasteiger partial charge >= 0.3 is 5.97 Å². The van der Waals surface area contributed by atoms with Crippen LogP contribution in [0.25, 0.3) is 0 Å². The number of hydrogen-bond acceptors (Lipinski definition) is 2. The molecule has 0 saturated heterocycles. The third-order valence-electron chi connectivity index (χ3n) is 3.03. The zero-order valence-corrected chi connectivity index (χ0v) is 10.7. The smallest absolute Gasteiger partial charge is 0.335 e. The Balaban J connectivity index is 2.07. The topological polar surface area (TPSA) is 49.3 Å². The lowest BCUT2D eigenvalue weighted by atomic mass is 10.1. The van der Waals surface area contributed by atoms with Gasteiger partial charge in [0.2, 0.25) is 0 Å². The average Bonchev–Trinajstić information content (AvgIpc) is 2.95. The quantitative estimate of drug-likeness (QED) is 0.891. The number of nitrogens with one attached hydrogen (secondary N) is 1. The van der Waals surface area contributed by atoms with Crippen LogP contribution in [0, 0.1) is 5.41 Å². The molecule has 4 heteroatoms. The maximum Gasteiger partial charge on any atom is 0.335 e. The Morgan fingerprint density at radius 3 is 2.75 bits per heavy atom. The van der Waals surface area contributed by atoms with Crippen LogP contribution in [0.5, 0.6) is 0 Å². The van der Waals surface area contributed by atoms with E-state index in [9.17, 15) is 4.79 Å². The number of carboxylic acids is 1. The molecule has 0 radical (unpaired) electrons. The Morgan fingerprint density at radius 1 is 1.56 bits per heavy atom. The summed E-state index contributed by atoms with van der Waals surface area (Å²) in [7, 11) is 0. The first-order chi connectivity index (χ1) is 7.50. The molecule has 0 heterocycles. The van der Waals surface area contributed by atoms with E-state index in [1.54, 1.807) is 18.2 Å². The highest BCUT2D eigenvalue weighted by Crippen LogP contribution is 2.45. The lowest BCUT2D eigenvalue weighted by Gasteiger charge is -2.13. The molecule has 1 aromatic carbocycles. The summed E-state index contributed by atoms with van der Waals surface area (Å²) < 4.78 is 0.802. The van der Waals surface area contributed by atoms with Crippen molar-refractivity contribution in [2.45, 2.75) is 19.8 Å². The van der Waals surface area contributed by atoms with Crippen molar-refractivity contribution in [3.8, 4) is 0 Å². The highest BCUT2D eigenvalue weighted by Gasteiger charge is 2.36. The Kier molecular flexibility index (Phi) is 2.93. The molecule has 1 aromatic rings. The van der Waals surface area contributed by atoms with Crippen LogP contribution in [0.2, 0.25) is 0 Å². The zero-order chi connectivity index (χ0) is 11.8. The second kappa shape index (κ2) is 4.09. The van der Waals surface area contributed by atoms with E-state index in [-0.39, 0.29) is 0 Å². The van der Waals surface area contributed by atoms with Gasteiger partial charge in [0, 0.05) is 16.7 Å². The molecular weight excluding hydrogens is 270 g/mol. The van der Waals surface area contributed by atoms with Crippen molar-refractivity contribution in [1.29, 1.82) is 0 Å². The van der Waals surface area contributed by atoms with E-state index in [0.717, 1.165) is 16.7 Å². The van der Waals surface area contributed by atoms with Gasteiger partial charge in [0.05, 0.1) is 5.56 Å². The molecule has 3 nitrogen and oxygen atoms in total. The van der Waals surface area contributed by atoms with Gasteiger partial charge in [-0.25, -0.2) is 4.79 Å². The number of aromatic carboxylic acids is 1.